The van der Waals surface area contributed by atoms with Crippen molar-refractivity contribution in [2.45, 2.75) is 19.6 Å². The predicted molar refractivity (Wildman–Crippen MR) is 106 cm³/mol. The van der Waals surface area contributed by atoms with Gasteiger partial charge in [0.1, 0.15) is 11.6 Å². The smallest absolute Gasteiger partial charge is 0.123 e. The zero-order valence-electron chi connectivity index (χ0n) is 15.3. The summed E-state index contributed by atoms with van der Waals surface area (Å²) < 4.78 is 5.53. The number of nitrogens with one attached hydrogen (secondary N) is 1. The summed E-state index contributed by atoms with van der Waals surface area (Å²) in [6.45, 7) is 2.25. The number of ether oxygens (including phenoxy) is 1. The van der Waals surface area contributed by atoms with Crippen LogP contribution < -0.4 is 4.74 Å². The van der Waals surface area contributed by atoms with Crippen molar-refractivity contribution in [1.29, 1.82) is 0 Å². The van der Waals surface area contributed by atoms with Gasteiger partial charge in [-0.1, -0.05) is 36.4 Å². The Bertz CT molecular complexity index is 980. The summed E-state index contributed by atoms with van der Waals surface area (Å²) in [6.07, 6.45) is 3.71. The standard InChI is InChI=1S/C22H22N4O/c1-27-21-11-5-2-8-18(21)15-26(14-17-7-6-12-23-13-17)16-22-24-19-9-3-4-10-20(19)25-22/h2-13H,14-16H2,1H3,(H,24,25). The van der Waals surface area contributed by atoms with E-state index in [2.05, 4.69) is 33.1 Å². The molecule has 0 amide bonds. The number of rotatable bonds is 7. The molecule has 0 bridgehead atoms. The van der Waals surface area contributed by atoms with Gasteiger partial charge in [0, 0.05) is 31.0 Å². The van der Waals surface area contributed by atoms with E-state index in [1.807, 2.05) is 48.7 Å². The molecule has 5 nitrogen and oxygen atoms in total. The molecule has 5 heteroatoms. The van der Waals surface area contributed by atoms with Crippen molar-refractivity contribution in [2.24, 2.45) is 0 Å². The Kier molecular flexibility index (Phi) is 5.12. The molecule has 0 saturated carbocycles. The molecule has 0 aliphatic carbocycles. The van der Waals surface area contributed by atoms with Gasteiger partial charge in [-0.25, -0.2) is 4.98 Å². The number of hydrogen-bond acceptors (Lipinski definition) is 4. The number of imidazole rings is 1. The molecule has 2 heterocycles. The average molecular weight is 358 g/mol. The molecule has 0 radical (unpaired) electrons. The molecule has 0 fully saturated rings. The number of pyridine rings is 1. The maximum absolute atomic E-state index is 5.53. The zero-order valence-corrected chi connectivity index (χ0v) is 15.3. The molecule has 27 heavy (non-hydrogen) atoms. The summed E-state index contributed by atoms with van der Waals surface area (Å²) in [6, 6.07) is 20.3. The first kappa shape index (κ1) is 17.2. The highest BCUT2D eigenvalue weighted by molar-refractivity contribution is 5.74. The van der Waals surface area contributed by atoms with Gasteiger partial charge in [-0.2, -0.15) is 0 Å². The van der Waals surface area contributed by atoms with Crippen LogP contribution in [0.15, 0.2) is 73.1 Å². The Morgan fingerprint density at radius 3 is 2.59 bits per heavy atom. The van der Waals surface area contributed by atoms with Crippen molar-refractivity contribution in [3.05, 3.63) is 90.0 Å². The van der Waals surface area contributed by atoms with Gasteiger partial charge in [0.25, 0.3) is 0 Å². The summed E-state index contributed by atoms with van der Waals surface area (Å²) in [5.41, 5.74) is 4.38. The number of benzene rings is 2. The fourth-order valence-electron chi connectivity index (χ4n) is 3.28. The molecule has 4 aromatic rings. The number of fused-ring (bicyclic) bond motifs is 1. The molecule has 0 aliphatic heterocycles. The summed E-state index contributed by atoms with van der Waals surface area (Å²) in [5, 5.41) is 0. The number of para-hydroxylation sites is 3. The highest BCUT2D eigenvalue weighted by atomic mass is 16.5. The fourth-order valence-corrected chi connectivity index (χ4v) is 3.28. The Labute approximate surface area is 158 Å². The quantitative estimate of drug-likeness (QED) is 0.539. The Morgan fingerprint density at radius 1 is 0.926 bits per heavy atom. The molecule has 1 N–H and O–H groups in total. The van der Waals surface area contributed by atoms with E-state index in [0.29, 0.717) is 6.54 Å². The van der Waals surface area contributed by atoms with Crippen molar-refractivity contribution >= 4 is 11.0 Å². The Morgan fingerprint density at radius 2 is 1.78 bits per heavy atom. The van der Waals surface area contributed by atoms with E-state index in [9.17, 15) is 0 Å². The summed E-state index contributed by atoms with van der Waals surface area (Å²) in [5.74, 6) is 1.85. The lowest BCUT2D eigenvalue weighted by Crippen LogP contribution is -2.23. The van der Waals surface area contributed by atoms with Crippen LogP contribution in [0.25, 0.3) is 11.0 Å². The van der Waals surface area contributed by atoms with Crippen molar-refractivity contribution < 1.29 is 4.74 Å². The topological polar surface area (TPSA) is 54.0 Å². The maximum atomic E-state index is 5.53. The summed E-state index contributed by atoms with van der Waals surface area (Å²) >= 11 is 0. The largest absolute Gasteiger partial charge is 0.496 e. The molecular weight excluding hydrogens is 336 g/mol. The minimum absolute atomic E-state index is 0.710. The monoisotopic (exact) mass is 358 g/mol. The number of nitrogens with zero attached hydrogens (tertiary/aromatic N) is 3. The van der Waals surface area contributed by atoms with Crippen LogP contribution >= 0.6 is 0 Å². The highest BCUT2D eigenvalue weighted by Crippen LogP contribution is 2.22. The second kappa shape index (κ2) is 8.01. The average Bonchev–Trinajstić information content (AvgIpc) is 3.11. The first-order valence-electron chi connectivity index (χ1n) is 8.98. The van der Waals surface area contributed by atoms with Gasteiger partial charge < -0.3 is 9.72 Å². The number of H-pyrrole nitrogens is 1. The van der Waals surface area contributed by atoms with Crippen LogP contribution in [0.5, 0.6) is 5.75 Å². The van der Waals surface area contributed by atoms with Crippen LogP contribution in [0, 0.1) is 0 Å². The third kappa shape index (κ3) is 4.15. The number of aromatic nitrogens is 3. The molecule has 0 atom stereocenters. The van der Waals surface area contributed by atoms with Gasteiger partial charge in [0.05, 0.1) is 24.7 Å². The third-order valence-corrected chi connectivity index (χ3v) is 4.53. The first-order valence-corrected chi connectivity index (χ1v) is 8.98. The SMILES string of the molecule is COc1ccccc1CN(Cc1cccnc1)Cc1nc2ccccc2[nH]1. The number of methoxy groups -OCH3 is 1. The minimum Gasteiger partial charge on any atom is -0.496 e. The molecule has 2 aromatic carbocycles. The van der Waals surface area contributed by atoms with E-state index in [1.165, 1.54) is 5.56 Å². The van der Waals surface area contributed by atoms with E-state index >= 15 is 0 Å². The molecule has 0 spiro atoms. The maximum Gasteiger partial charge on any atom is 0.123 e. The van der Waals surface area contributed by atoms with E-state index in [0.717, 1.165) is 41.3 Å². The van der Waals surface area contributed by atoms with Crippen LogP contribution in [-0.2, 0) is 19.6 Å². The molecule has 4 rings (SSSR count). The molecule has 0 unspecified atom stereocenters. The molecule has 0 saturated heterocycles. The Balaban J connectivity index is 1.60. The normalized spacial score (nSPS) is 11.2. The molecule has 136 valence electrons. The van der Waals surface area contributed by atoms with Crippen LogP contribution in [0.3, 0.4) is 0 Å². The van der Waals surface area contributed by atoms with E-state index < -0.39 is 0 Å². The van der Waals surface area contributed by atoms with Gasteiger partial charge in [0.15, 0.2) is 0 Å². The molecule has 0 aliphatic rings. The van der Waals surface area contributed by atoms with Crippen LogP contribution in [0.4, 0.5) is 0 Å². The van der Waals surface area contributed by atoms with E-state index in [-0.39, 0.29) is 0 Å². The third-order valence-electron chi connectivity index (χ3n) is 4.53. The Hall–Kier alpha value is -3.18. The van der Waals surface area contributed by atoms with E-state index in [1.54, 1.807) is 13.3 Å². The predicted octanol–water partition coefficient (Wildman–Crippen LogP) is 4.17. The zero-order chi connectivity index (χ0) is 18.5. The highest BCUT2D eigenvalue weighted by Gasteiger charge is 2.13. The minimum atomic E-state index is 0.710. The van der Waals surface area contributed by atoms with Crippen molar-refractivity contribution in [3.63, 3.8) is 0 Å². The van der Waals surface area contributed by atoms with Gasteiger partial charge >= 0.3 is 0 Å². The second-order valence-corrected chi connectivity index (χ2v) is 6.52. The lowest BCUT2D eigenvalue weighted by molar-refractivity contribution is 0.238. The summed E-state index contributed by atoms with van der Waals surface area (Å²) in [4.78, 5) is 14.7. The molecular formula is C22H22N4O. The number of hydrogen-bond donors (Lipinski definition) is 1. The number of aromatic amines is 1. The fraction of sp³-hybridized carbons (Fsp3) is 0.182. The van der Waals surface area contributed by atoms with Gasteiger partial charge in [-0.05, 0) is 29.8 Å². The summed E-state index contributed by atoms with van der Waals surface area (Å²) in [7, 11) is 1.71. The van der Waals surface area contributed by atoms with Gasteiger partial charge in [-0.3, -0.25) is 9.88 Å². The first-order chi connectivity index (χ1) is 13.3. The van der Waals surface area contributed by atoms with Crippen molar-refractivity contribution in [2.75, 3.05) is 7.11 Å². The van der Waals surface area contributed by atoms with Crippen LogP contribution in [0.1, 0.15) is 17.0 Å². The van der Waals surface area contributed by atoms with Crippen LogP contribution in [0.2, 0.25) is 0 Å². The van der Waals surface area contributed by atoms with Crippen molar-refractivity contribution in [1.82, 2.24) is 19.9 Å². The second-order valence-electron chi connectivity index (χ2n) is 6.52. The van der Waals surface area contributed by atoms with Crippen molar-refractivity contribution in [3.8, 4) is 5.75 Å². The lowest BCUT2D eigenvalue weighted by Gasteiger charge is -2.22. The van der Waals surface area contributed by atoms with Gasteiger partial charge in [-0.15, -0.1) is 0 Å². The van der Waals surface area contributed by atoms with Crippen LogP contribution in [-0.4, -0.2) is 27.0 Å². The molecule has 2 aromatic heterocycles. The van der Waals surface area contributed by atoms with E-state index in [4.69, 9.17) is 9.72 Å². The van der Waals surface area contributed by atoms with Gasteiger partial charge in [0.2, 0.25) is 0 Å². The lowest BCUT2D eigenvalue weighted by atomic mass is 10.1.